The summed E-state index contributed by atoms with van der Waals surface area (Å²) in [6, 6.07) is 21.0. The number of anilines is 2. The van der Waals surface area contributed by atoms with Crippen LogP contribution in [0.4, 0.5) is 29.5 Å². The number of hydrogen-bond donors (Lipinski definition) is 2. The number of amides is 3. The van der Waals surface area contributed by atoms with Crippen LogP contribution >= 0.6 is 0 Å². The Morgan fingerprint density at radius 2 is 1.54 bits per heavy atom. The number of aryl methyl sites for hydroxylation is 2. The van der Waals surface area contributed by atoms with E-state index in [1.54, 1.807) is 4.68 Å². The molecule has 1 aromatic heterocycles. The van der Waals surface area contributed by atoms with Crippen molar-refractivity contribution in [1.29, 1.82) is 0 Å². The maximum absolute atomic E-state index is 13.5. The number of nitrogens with one attached hydrogen (secondary N) is 2. The van der Waals surface area contributed by atoms with Crippen molar-refractivity contribution in [2.24, 2.45) is 5.92 Å². The number of aromatic nitrogens is 2. The lowest BCUT2D eigenvalue weighted by molar-refractivity contribution is -0.137. The van der Waals surface area contributed by atoms with Gasteiger partial charge in [-0.25, -0.2) is 9.48 Å². The Morgan fingerprint density at radius 1 is 0.902 bits per heavy atom. The van der Waals surface area contributed by atoms with E-state index in [1.807, 2.05) is 82.3 Å². The van der Waals surface area contributed by atoms with Crippen LogP contribution in [-0.2, 0) is 11.0 Å². The van der Waals surface area contributed by atoms with Gasteiger partial charge in [0.25, 0.3) is 0 Å². The van der Waals surface area contributed by atoms with Crippen molar-refractivity contribution < 1.29 is 22.8 Å². The van der Waals surface area contributed by atoms with Crippen LogP contribution in [0, 0.1) is 19.8 Å². The summed E-state index contributed by atoms with van der Waals surface area (Å²) in [6.07, 6.45) is -4.65. The highest BCUT2D eigenvalue weighted by Gasteiger charge is 2.34. The largest absolute Gasteiger partial charge is 0.418 e. The number of benzene rings is 3. The van der Waals surface area contributed by atoms with E-state index in [-0.39, 0.29) is 24.7 Å². The van der Waals surface area contributed by atoms with E-state index in [0.29, 0.717) is 11.5 Å². The number of para-hydroxylation sites is 2. The third-order valence-electron chi connectivity index (χ3n) is 6.41. The highest BCUT2D eigenvalue weighted by molar-refractivity contribution is 5.99. The number of alkyl halides is 3. The number of nitrogens with zero attached hydrogens (tertiary/aromatic N) is 3. The van der Waals surface area contributed by atoms with Gasteiger partial charge in [0.05, 0.1) is 22.6 Å². The first-order valence-corrected chi connectivity index (χ1v) is 13.2. The molecule has 214 valence electrons. The molecular weight excluding hydrogens is 531 g/mol. The molecule has 4 aromatic rings. The minimum absolute atomic E-state index is 0.0500. The zero-order chi connectivity index (χ0) is 29.7. The van der Waals surface area contributed by atoms with Crippen LogP contribution in [0.25, 0.3) is 16.8 Å². The van der Waals surface area contributed by atoms with Gasteiger partial charge in [0.2, 0.25) is 5.91 Å². The van der Waals surface area contributed by atoms with Gasteiger partial charge in [-0.2, -0.15) is 18.3 Å². The Kier molecular flexibility index (Phi) is 8.80. The minimum atomic E-state index is -4.65. The van der Waals surface area contributed by atoms with Crippen LogP contribution in [0.15, 0.2) is 78.9 Å². The topological polar surface area (TPSA) is 79.3 Å². The Balaban J connectivity index is 1.66. The van der Waals surface area contributed by atoms with Crippen LogP contribution < -0.4 is 10.6 Å². The fraction of sp³-hybridized carbons (Fsp3) is 0.258. The normalized spacial score (nSPS) is 11.4. The monoisotopic (exact) mass is 563 g/mol. The van der Waals surface area contributed by atoms with Gasteiger partial charge in [0.1, 0.15) is 12.4 Å². The van der Waals surface area contributed by atoms with Gasteiger partial charge in [0.15, 0.2) is 0 Å². The first-order valence-electron chi connectivity index (χ1n) is 13.2. The Hall–Kier alpha value is -4.60. The van der Waals surface area contributed by atoms with Gasteiger partial charge in [-0.1, -0.05) is 74.5 Å². The number of hydrogen-bond acceptors (Lipinski definition) is 3. The summed E-state index contributed by atoms with van der Waals surface area (Å²) in [5, 5.41) is 10.0. The number of halogens is 3. The second-order valence-electron chi connectivity index (χ2n) is 10.2. The van der Waals surface area contributed by atoms with Crippen molar-refractivity contribution in [2.75, 3.05) is 23.7 Å². The molecule has 41 heavy (non-hydrogen) atoms. The summed E-state index contributed by atoms with van der Waals surface area (Å²) in [6.45, 7) is 7.26. The predicted octanol–water partition coefficient (Wildman–Crippen LogP) is 7.30. The first-order chi connectivity index (χ1) is 19.5. The molecule has 4 rings (SSSR count). The molecule has 0 spiro atoms. The molecule has 0 radical (unpaired) electrons. The maximum atomic E-state index is 13.5. The van der Waals surface area contributed by atoms with Gasteiger partial charge < -0.3 is 15.5 Å². The Labute approximate surface area is 237 Å². The molecular formula is C31H32F3N5O2. The Morgan fingerprint density at radius 3 is 2.20 bits per heavy atom. The van der Waals surface area contributed by atoms with Gasteiger partial charge in [-0.3, -0.25) is 4.79 Å². The van der Waals surface area contributed by atoms with E-state index in [1.165, 1.54) is 23.1 Å². The number of urea groups is 1. The summed E-state index contributed by atoms with van der Waals surface area (Å²) in [5.41, 5.74) is 2.63. The van der Waals surface area contributed by atoms with Crippen LogP contribution in [0.5, 0.6) is 0 Å². The highest BCUT2D eigenvalue weighted by Crippen LogP contribution is 2.35. The van der Waals surface area contributed by atoms with E-state index in [4.69, 9.17) is 5.10 Å². The van der Waals surface area contributed by atoms with Crippen molar-refractivity contribution >= 4 is 23.4 Å². The number of carbonyl (C=O) groups is 2. The van der Waals surface area contributed by atoms with Crippen molar-refractivity contribution in [1.82, 2.24) is 14.7 Å². The number of carbonyl (C=O) groups excluding carboxylic acids is 2. The van der Waals surface area contributed by atoms with E-state index in [2.05, 4.69) is 10.6 Å². The summed E-state index contributed by atoms with van der Waals surface area (Å²) in [5.74, 6) is -0.136. The van der Waals surface area contributed by atoms with E-state index in [9.17, 15) is 22.8 Å². The minimum Gasteiger partial charge on any atom is -0.315 e. The van der Waals surface area contributed by atoms with E-state index < -0.39 is 23.7 Å². The molecule has 0 saturated carbocycles. The summed E-state index contributed by atoms with van der Waals surface area (Å²) in [4.78, 5) is 27.9. The van der Waals surface area contributed by atoms with Crippen molar-refractivity contribution in [3.05, 3.63) is 95.7 Å². The van der Waals surface area contributed by atoms with E-state index >= 15 is 0 Å². The third-order valence-corrected chi connectivity index (χ3v) is 6.41. The van der Waals surface area contributed by atoms with Crippen LogP contribution in [-0.4, -0.2) is 39.7 Å². The van der Waals surface area contributed by atoms with Gasteiger partial charge in [-0.05, 0) is 49.1 Å². The molecule has 7 nitrogen and oxygen atoms in total. The molecule has 0 aliphatic carbocycles. The van der Waals surface area contributed by atoms with Crippen LogP contribution in [0.3, 0.4) is 0 Å². The molecule has 0 aliphatic rings. The second kappa shape index (κ2) is 12.3. The lowest BCUT2D eigenvalue weighted by Gasteiger charge is -2.25. The molecule has 0 saturated heterocycles. The Bertz CT molecular complexity index is 1530. The van der Waals surface area contributed by atoms with Crippen molar-refractivity contribution in [3.8, 4) is 16.8 Å². The molecule has 0 atom stereocenters. The summed E-state index contributed by atoms with van der Waals surface area (Å²) in [7, 11) is 0. The van der Waals surface area contributed by atoms with Gasteiger partial charge in [-0.15, -0.1) is 0 Å². The van der Waals surface area contributed by atoms with Gasteiger partial charge in [0, 0.05) is 12.1 Å². The SMILES string of the molecule is Cc1ccccc1-n1nc(C)c(-c2ccccc2)c1NC(=O)CN(CC(C)C)C(=O)Nc1ccccc1C(F)(F)F. The van der Waals surface area contributed by atoms with Gasteiger partial charge >= 0.3 is 12.2 Å². The molecule has 0 aliphatic heterocycles. The molecule has 1 heterocycles. The van der Waals surface area contributed by atoms with E-state index in [0.717, 1.165) is 28.4 Å². The summed E-state index contributed by atoms with van der Waals surface area (Å²) < 4.78 is 42.2. The zero-order valence-corrected chi connectivity index (χ0v) is 23.3. The smallest absolute Gasteiger partial charge is 0.315 e. The molecule has 3 amide bonds. The molecule has 10 heteroatoms. The predicted molar refractivity (Wildman–Crippen MR) is 154 cm³/mol. The molecule has 2 N–H and O–H groups in total. The third kappa shape index (κ3) is 6.95. The molecule has 3 aromatic carbocycles. The average Bonchev–Trinajstić information content (AvgIpc) is 3.23. The molecule has 0 fully saturated rings. The first kappa shape index (κ1) is 29.4. The van der Waals surface area contributed by atoms with Crippen molar-refractivity contribution in [3.63, 3.8) is 0 Å². The van der Waals surface area contributed by atoms with Crippen LogP contribution in [0.2, 0.25) is 0 Å². The fourth-order valence-corrected chi connectivity index (χ4v) is 4.61. The zero-order valence-electron chi connectivity index (χ0n) is 23.3. The fourth-order valence-electron chi connectivity index (χ4n) is 4.61. The lowest BCUT2D eigenvalue weighted by atomic mass is 10.1. The lowest BCUT2D eigenvalue weighted by Crippen LogP contribution is -2.43. The molecule has 0 bridgehead atoms. The van der Waals surface area contributed by atoms with Crippen LogP contribution in [0.1, 0.15) is 30.7 Å². The molecule has 0 unspecified atom stereocenters. The standard InChI is InChI=1S/C31H32F3N5O2/c1-20(2)18-38(30(41)35-25-16-10-9-15-24(25)31(32,33)34)19-27(40)36-29-28(23-13-6-5-7-14-23)22(4)37-39(29)26-17-11-8-12-21(26)3/h5-17,20H,18-19H2,1-4H3,(H,35,41)(H,36,40). The average molecular weight is 564 g/mol. The quantitative estimate of drug-likeness (QED) is 0.236. The summed E-state index contributed by atoms with van der Waals surface area (Å²) >= 11 is 0. The highest BCUT2D eigenvalue weighted by atomic mass is 19.4. The number of rotatable bonds is 8. The maximum Gasteiger partial charge on any atom is 0.418 e. The second-order valence-corrected chi connectivity index (χ2v) is 10.2. The van der Waals surface area contributed by atoms with Crippen molar-refractivity contribution in [2.45, 2.75) is 33.9 Å².